The van der Waals surface area contributed by atoms with Crippen molar-refractivity contribution < 1.29 is 0 Å². The van der Waals surface area contributed by atoms with Gasteiger partial charge < -0.3 is 20.6 Å². The molecule has 4 aliphatic rings. The summed E-state index contributed by atoms with van der Waals surface area (Å²) < 4.78 is 0. The first-order valence-electron chi connectivity index (χ1n) is 15.6. The maximum Gasteiger partial charge on any atom is 0.124 e. The van der Waals surface area contributed by atoms with Gasteiger partial charge in [0, 0.05) is 5.56 Å². The Balaban J connectivity index is 1.09. The van der Waals surface area contributed by atoms with Gasteiger partial charge in [-0.05, 0) is 110 Å². The van der Waals surface area contributed by atoms with Gasteiger partial charge in [-0.3, -0.25) is 0 Å². The van der Waals surface area contributed by atoms with E-state index in [1.807, 2.05) is 12.4 Å². The predicted octanol–water partition coefficient (Wildman–Crippen LogP) is 6.37. The second-order valence-corrected chi connectivity index (χ2v) is 12.7. The van der Waals surface area contributed by atoms with Crippen LogP contribution in [0, 0.1) is 17.3 Å². The molecule has 4 aromatic rings. The van der Waals surface area contributed by atoms with E-state index in [1.54, 1.807) is 0 Å². The topological polar surface area (TPSA) is 81.4 Å². The fraction of sp³-hybridized carbons (Fsp3) is 0.429. The number of aromatic nitrogens is 4. The number of rotatable bonds is 4. The molecule has 6 heteroatoms. The summed E-state index contributed by atoms with van der Waals surface area (Å²) in [6.45, 7) is 2.14. The molecule has 4 N–H and O–H groups in total. The minimum Gasteiger partial charge on any atom is -0.341 e. The van der Waals surface area contributed by atoms with Crippen LogP contribution < -0.4 is 10.6 Å². The standard InChI is InChI=1S/C35H38N6/c1-2-16-35(15-1)19-28-24(11-13-26-21-38-33(40-26)30-5-3-17-36-30)12-14-27(29(28)20-35)23-7-9-25(10-8-23)32-22-39-34(41-32)31-6-4-18-37-31/h7-10,12,14,21-22,30-31,36-37H,1-6,15-20H2,(H,38,40)(H,39,41)/t30-,31?/m0/s1. The van der Waals surface area contributed by atoms with Crippen molar-refractivity contribution in [2.75, 3.05) is 13.1 Å². The molecule has 8 rings (SSSR count). The normalized spacial score (nSPS) is 22.7. The number of nitrogens with one attached hydrogen (secondary N) is 4. The van der Waals surface area contributed by atoms with Crippen LogP contribution in [0.15, 0.2) is 48.8 Å². The molecule has 6 nitrogen and oxygen atoms in total. The summed E-state index contributed by atoms with van der Waals surface area (Å²) in [7, 11) is 0. The Morgan fingerprint density at radius 1 is 0.683 bits per heavy atom. The van der Waals surface area contributed by atoms with Gasteiger partial charge in [0.15, 0.2) is 0 Å². The zero-order valence-corrected chi connectivity index (χ0v) is 23.7. The highest BCUT2D eigenvalue weighted by Crippen LogP contribution is 2.51. The van der Waals surface area contributed by atoms with E-state index in [2.05, 4.69) is 78.8 Å². The molecular weight excluding hydrogens is 504 g/mol. The largest absolute Gasteiger partial charge is 0.341 e. The van der Waals surface area contributed by atoms with Crippen molar-refractivity contribution in [2.24, 2.45) is 5.41 Å². The molecule has 41 heavy (non-hydrogen) atoms. The van der Waals surface area contributed by atoms with E-state index < -0.39 is 0 Å². The number of nitrogens with zero attached hydrogens (tertiary/aromatic N) is 2. The zero-order chi connectivity index (χ0) is 27.2. The number of H-pyrrole nitrogens is 2. The lowest BCUT2D eigenvalue weighted by atomic mass is 9.83. The minimum absolute atomic E-state index is 0.335. The van der Waals surface area contributed by atoms with E-state index in [4.69, 9.17) is 0 Å². The van der Waals surface area contributed by atoms with E-state index in [9.17, 15) is 0 Å². The molecule has 1 saturated carbocycles. The van der Waals surface area contributed by atoms with E-state index in [0.29, 0.717) is 17.5 Å². The maximum absolute atomic E-state index is 4.67. The third-order valence-corrected chi connectivity index (χ3v) is 10.0. The van der Waals surface area contributed by atoms with Crippen molar-refractivity contribution in [1.82, 2.24) is 30.6 Å². The van der Waals surface area contributed by atoms with E-state index in [0.717, 1.165) is 55.4 Å². The Morgan fingerprint density at radius 2 is 1.37 bits per heavy atom. The van der Waals surface area contributed by atoms with Crippen molar-refractivity contribution in [3.63, 3.8) is 0 Å². The maximum atomic E-state index is 4.67. The third-order valence-electron chi connectivity index (χ3n) is 10.0. The zero-order valence-electron chi connectivity index (χ0n) is 23.7. The Labute approximate surface area is 242 Å². The molecule has 0 amide bonds. The first-order valence-corrected chi connectivity index (χ1v) is 15.6. The third kappa shape index (κ3) is 4.71. The predicted molar refractivity (Wildman–Crippen MR) is 162 cm³/mol. The molecule has 1 spiro atoms. The fourth-order valence-corrected chi connectivity index (χ4v) is 7.81. The van der Waals surface area contributed by atoms with Crippen LogP contribution in [0.2, 0.25) is 0 Å². The molecule has 2 saturated heterocycles. The van der Waals surface area contributed by atoms with Gasteiger partial charge in [-0.25, -0.2) is 9.97 Å². The molecular formula is C35H38N6. The number of aromatic amines is 2. The first kappa shape index (κ1) is 25.1. The first-order chi connectivity index (χ1) is 20.2. The van der Waals surface area contributed by atoms with Crippen LogP contribution in [-0.2, 0) is 12.8 Å². The van der Waals surface area contributed by atoms with Gasteiger partial charge >= 0.3 is 0 Å². The smallest absolute Gasteiger partial charge is 0.124 e. The molecule has 2 atom stereocenters. The van der Waals surface area contributed by atoms with Gasteiger partial charge in [-0.2, -0.15) is 0 Å². The second kappa shape index (κ2) is 10.3. The van der Waals surface area contributed by atoms with Crippen LogP contribution in [0.4, 0.5) is 0 Å². The van der Waals surface area contributed by atoms with Gasteiger partial charge in [0.2, 0.25) is 0 Å². The monoisotopic (exact) mass is 542 g/mol. The van der Waals surface area contributed by atoms with Gasteiger partial charge in [0.05, 0.1) is 30.2 Å². The van der Waals surface area contributed by atoms with Crippen molar-refractivity contribution >= 4 is 0 Å². The molecule has 4 heterocycles. The lowest BCUT2D eigenvalue weighted by Gasteiger charge is -2.21. The number of imidazole rings is 2. The van der Waals surface area contributed by atoms with Crippen molar-refractivity contribution in [1.29, 1.82) is 0 Å². The summed E-state index contributed by atoms with van der Waals surface area (Å²) in [5, 5.41) is 7.06. The van der Waals surface area contributed by atoms with Gasteiger partial charge in [-0.15, -0.1) is 0 Å². The number of hydrogen-bond donors (Lipinski definition) is 4. The van der Waals surface area contributed by atoms with Crippen molar-refractivity contribution in [2.45, 2.75) is 76.3 Å². The average molecular weight is 543 g/mol. The highest BCUT2D eigenvalue weighted by molar-refractivity contribution is 5.74. The van der Waals surface area contributed by atoms with Crippen molar-refractivity contribution in [3.05, 3.63) is 82.8 Å². The molecule has 208 valence electrons. The van der Waals surface area contributed by atoms with Gasteiger partial charge in [0.25, 0.3) is 0 Å². The second-order valence-electron chi connectivity index (χ2n) is 12.7. The van der Waals surface area contributed by atoms with Crippen LogP contribution >= 0.6 is 0 Å². The molecule has 0 bridgehead atoms. The summed E-state index contributed by atoms with van der Waals surface area (Å²) in [4.78, 5) is 16.3. The van der Waals surface area contributed by atoms with Crippen LogP contribution in [0.1, 0.15) is 97.5 Å². The molecule has 2 aromatic heterocycles. The Kier molecular flexibility index (Phi) is 6.31. The summed E-state index contributed by atoms with van der Waals surface area (Å²) in [6.07, 6.45) is 16.3. The molecule has 1 unspecified atom stereocenters. The Morgan fingerprint density at radius 3 is 2.10 bits per heavy atom. The Bertz CT molecular complexity index is 1610. The number of hydrogen-bond acceptors (Lipinski definition) is 4. The summed E-state index contributed by atoms with van der Waals surface area (Å²) in [5.41, 5.74) is 10.4. The lowest BCUT2D eigenvalue weighted by Crippen LogP contribution is -2.15. The van der Waals surface area contributed by atoms with Crippen LogP contribution in [0.5, 0.6) is 0 Å². The highest BCUT2D eigenvalue weighted by Gasteiger charge is 2.41. The van der Waals surface area contributed by atoms with E-state index >= 15 is 0 Å². The minimum atomic E-state index is 0.335. The molecule has 3 fully saturated rings. The van der Waals surface area contributed by atoms with Gasteiger partial charge in [-0.1, -0.05) is 49.1 Å². The van der Waals surface area contributed by atoms with Crippen molar-refractivity contribution in [3.8, 4) is 34.2 Å². The van der Waals surface area contributed by atoms with Crippen LogP contribution in [0.25, 0.3) is 22.4 Å². The Hall–Kier alpha value is -3.66. The highest BCUT2D eigenvalue weighted by atomic mass is 15.0. The molecule has 2 aromatic carbocycles. The van der Waals surface area contributed by atoms with Crippen LogP contribution in [-0.4, -0.2) is 33.0 Å². The summed E-state index contributed by atoms with van der Waals surface area (Å²) >= 11 is 0. The fourth-order valence-electron chi connectivity index (χ4n) is 7.81. The molecule has 2 aliphatic heterocycles. The molecule has 0 radical (unpaired) electrons. The SMILES string of the molecule is C(#Cc1ccc(-c2ccc(-c3cnc(C4CCCN4)[nH]3)cc2)c2c1CC1(CCCC1)C2)c1cnc([C@@H]2CCCN2)[nH]1. The lowest BCUT2D eigenvalue weighted by molar-refractivity contribution is 0.318. The van der Waals surface area contributed by atoms with E-state index in [-0.39, 0.29) is 0 Å². The van der Waals surface area contributed by atoms with Crippen LogP contribution in [0.3, 0.4) is 0 Å². The van der Waals surface area contributed by atoms with Gasteiger partial charge in [0.1, 0.15) is 17.3 Å². The summed E-state index contributed by atoms with van der Waals surface area (Å²) in [5.74, 6) is 9.03. The van der Waals surface area contributed by atoms with E-state index in [1.165, 1.54) is 78.3 Å². The quantitative estimate of drug-likeness (QED) is 0.226. The summed E-state index contributed by atoms with van der Waals surface area (Å²) in [6, 6.07) is 14.3. The average Bonchev–Trinajstić information content (AvgIpc) is 3.83. The number of benzene rings is 2. The number of fused-ring (bicyclic) bond motifs is 1. The molecule has 2 aliphatic carbocycles.